The van der Waals surface area contributed by atoms with E-state index in [4.69, 9.17) is 0 Å². The summed E-state index contributed by atoms with van der Waals surface area (Å²) >= 11 is 0. The number of benzene rings is 1. The molecule has 0 aliphatic carbocycles. The third kappa shape index (κ3) is 5.13. The lowest BCUT2D eigenvalue weighted by molar-refractivity contribution is -0.116. The largest absolute Gasteiger partial charge is 0.326 e. The molecule has 0 spiro atoms. The topological polar surface area (TPSA) is 46.2 Å². The van der Waals surface area contributed by atoms with Gasteiger partial charge in [0.15, 0.2) is 5.78 Å². The van der Waals surface area contributed by atoms with Gasteiger partial charge in [-0.1, -0.05) is 26.8 Å². The predicted molar refractivity (Wildman–Crippen MR) is 76.1 cm³/mol. The molecule has 0 saturated carbocycles. The molecule has 1 rings (SSSR count). The molecule has 0 radical (unpaired) electrons. The minimum atomic E-state index is -0.0131. The molecule has 1 N–H and O–H groups in total. The Morgan fingerprint density at radius 3 is 2.33 bits per heavy atom. The van der Waals surface area contributed by atoms with Gasteiger partial charge in [0.2, 0.25) is 5.91 Å². The molecule has 0 aliphatic heterocycles. The van der Waals surface area contributed by atoms with Crippen molar-refractivity contribution in [2.45, 2.75) is 47.5 Å². The van der Waals surface area contributed by atoms with Crippen molar-refractivity contribution in [2.24, 2.45) is 0 Å². The van der Waals surface area contributed by atoms with E-state index in [1.807, 2.05) is 39.8 Å². The van der Waals surface area contributed by atoms with Crippen molar-refractivity contribution in [3.05, 3.63) is 29.3 Å². The van der Waals surface area contributed by atoms with Gasteiger partial charge in [0.25, 0.3) is 0 Å². The highest BCUT2D eigenvalue weighted by molar-refractivity contribution is 5.98. The van der Waals surface area contributed by atoms with Crippen molar-refractivity contribution in [3.63, 3.8) is 0 Å². The Hall–Kier alpha value is -1.64. The molecule has 0 fully saturated rings. The van der Waals surface area contributed by atoms with Crippen LogP contribution in [0.2, 0.25) is 0 Å². The third-order valence-electron chi connectivity index (χ3n) is 2.38. The van der Waals surface area contributed by atoms with E-state index in [1.54, 1.807) is 6.07 Å². The zero-order valence-electron chi connectivity index (χ0n) is 12.0. The first kappa shape index (κ1) is 16.4. The van der Waals surface area contributed by atoms with Gasteiger partial charge >= 0.3 is 0 Å². The van der Waals surface area contributed by atoms with Crippen molar-refractivity contribution >= 4 is 17.4 Å². The standard InChI is InChI=1S/C13H17NO2.C2H6/c1-4-5-13(16)14-11-7-6-9(2)12(8-11)10(3)15;1-2/h6-8H,4-5H2,1-3H3,(H,14,16);1-2H3. The fourth-order valence-corrected chi connectivity index (χ4v) is 1.53. The van der Waals surface area contributed by atoms with Crippen molar-refractivity contribution < 1.29 is 9.59 Å². The lowest BCUT2D eigenvalue weighted by Crippen LogP contribution is -2.11. The molecular formula is C15H23NO2. The Bertz CT molecular complexity index is 411. The SMILES string of the molecule is CC.CCCC(=O)Nc1ccc(C)c(C(C)=O)c1. The molecule has 0 unspecified atom stereocenters. The van der Waals surface area contributed by atoms with Crippen LogP contribution in [0.1, 0.15) is 56.5 Å². The summed E-state index contributed by atoms with van der Waals surface area (Å²) in [4.78, 5) is 22.7. The lowest BCUT2D eigenvalue weighted by atomic mass is 10.0. The minimum Gasteiger partial charge on any atom is -0.326 e. The van der Waals surface area contributed by atoms with Gasteiger partial charge in [-0.2, -0.15) is 0 Å². The number of hydrogen-bond donors (Lipinski definition) is 1. The summed E-state index contributed by atoms with van der Waals surface area (Å²) in [7, 11) is 0. The van der Waals surface area contributed by atoms with Crippen LogP contribution in [0.15, 0.2) is 18.2 Å². The van der Waals surface area contributed by atoms with E-state index in [2.05, 4.69) is 5.32 Å². The lowest BCUT2D eigenvalue weighted by Gasteiger charge is -2.07. The summed E-state index contributed by atoms with van der Waals surface area (Å²) in [6.45, 7) is 9.37. The van der Waals surface area contributed by atoms with E-state index < -0.39 is 0 Å². The number of nitrogens with one attached hydrogen (secondary N) is 1. The average Bonchev–Trinajstić information content (AvgIpc) is 2.34. The molecule has 0 saturated heterocycles. The van der Waals surface area contributed by atoms with Crippen LogP contribution in [-0.4, -0.2) is 11.7 Å². The van der Waals surface area contributed by atoms with E-state index in [1.165, 1.54) is 6.92 Å². The molecule has 1 aromatic rings. The number of ketones is 1. The summed E-state index contributed by atoms with van der Waals surface area (Å²) in [5.74, 6) is 0.00458. The molecule has 3 heteroatoms. The number of amides is 1. The summed E-state index contributed by atoms with van der Waals surface area (Å²) in [5, 5.41) is 2.77. The van der Waals surface area contributed by atoms with Gasteiger partial charge in [0.05, 0.1) is 0 Å². The highest BCUT2D eigenvalue weighted by Crippen LogP contribution is 2.16. The van der Waals surface area contributed by atoms with Gasteiger partial charge in [-0.05, 0) is 38.0 Å². The second kappa shape index (κ2) is 8.45. The number of rotatable bonds is 4. The monoisotopic (exact) mass is 249 g/mol. The average molecular weight is 249 g/mol. The van der Waals surface area contributed by atoms with Crippen molar-refractivity contribution in [1.82, 2.24) is 0 Å². The number of aryl methyl sites for hydroxylation is 1. The first-order valence-corrected chi connectivity index (χ1v) is 6.46. The predicted octanol–water partition coefficient (Wildman–Crippen LogP) is 3.96. The van der Waals surface area contributed by atoms with Gasteiger partial charge in [0.1, 0.15) is 0 Å². The Morgan fingerprint density at radius 1 is 1.22 bits per heavy atom. The molecule has 100 valence electrons. The minimum absolute atomic E-state index is 0.0131. The number of anilines is 1. The van der Waals surface area contributed by atoms with Crippen LogP contribution in [0.4, 0.5) is 5.69 Å². The molecular weight excluding hydrogens is 226 g/mol. The number of carbonyl (C=O) groups excluding carboxylic acids is 2. The molecule has 0 aliphatic rings. The quantitative estimate of drug-likeness (QED) is 0.821. The zero-order valence-corrected chi connectivity index (χ0v) is 12.0. The van der Waals surface area contributed by atoms with Gasteiger partial charge in [0, 0.05) is 17.7 Å². The van der Waals surface area contributed by atoms with Crippen LogP contribution < -0.4 is 5.32 Å². The fraction of sp³-hybridized carbons (Fsp3) is 0.467. The van der Waals surface area contributed by atoms with E-state index in [0.29, 0.717) is 17.7 Å². The second-order valence-electron chi connectivity index (χ2n) is 3.88. The van der Waals surface area contributed by atoms with E-state index in [-0.39, 0.29) is 11.7 Å². The van der Waals surface area contributed by atoms with Crippen molar-refractivity contribution in [2.75, 3.05) is 5.32 Å². The first-order valence-electron chi connectivity index (χ1n) is 6.46. The maximum absolute atomic E-state index is 11.4. The number of Topliss-reactive ketones (excluding diaryl/α,β-unsaturated/α-hetero) is 1. The normalized spacial score (nSPS) is 9.17. The molecule has 0 bridgehead atoms. The van der Waals surface area contributed by atoms with E-state index in [0.717, 1.165) is 12.0 Å². The van der Waals surface area contributed by atoms with Crippen LogP contribution >= 0.6 is 0 Å². The molecule has 1 amide bonds. The Labute approximate surface area is 110 Å². The van der Waals surface area contributed by atoms with Crippen molar-refractivity contribution in [1.29, 1.82) is 0 Å². The van der Waals surface area contributed by atoms with Crippen LogP contribution in [0.25, 0.3) is 0 Å². The van der Waals surface area contributed by atoms with Gasteiger partial charge < -0.3 is 5.32 Å². The second-order valence-corrected chi connectivity index (χ2v) is 3.88. The molecule has 3 nitrogen and oxygen atoms in total. The molecule has 18 heavy (non-hydrogen) atoms. The third-order valence-corrected chi connectivity index (χ3v) is 2.38. The van der Waals surface area contributed by atoms with Crippen LogP contribution in [0.5, 0.6) is 0 Å². The first-order chi connectivity index (χ1) is 8.54. The highest BCUT2D eigenvalue weighted by Gasteiger charge is 2.06. The zero-order chi connectivity index (χ0) is 14.1. The summed E-state index contributed by atoms with van der Waals surface area (Å²) in [6.07, 6.45) is 1.32. The van der Waals surface area contributed by atoms with Crippen molar-refractivity contribution in [3.8, 4) is 0 Å². The fourth-order valence-electron chi connectivity index (χ4n) is 1.53. The van der Waals surface area contributed by atoms with Crippen LogP contribution in [-0.2, 0) is 4.79 Å². The Morgan fingerprint density at radius 2 is 1.83 bits per heavy atom. The summed E-state index contributed by atoms with van der Waals surface area (Å²) in [6, 6.07) is 5.39. The van der Waals surface area contributed by atoms with Gasteiger partial charge in [-0.15, -0.1) is 0 Å². The summed E-state index contributed by atoms with van der Waals surface area (Å²) in [5.41, 5.74) is 2.28. The Balaban J connectivity index is 0.00000137. The number of hydrogen-bond acceptors (Lipinski definition) is 2. The smallest absolute Gasteiger partial charge is 0.224 e. The maximum atomic E-state index is 11.4. The number of carbonyl (C=O) groups is 2. The van der Waals surface area contributed by atoms with Gasteiger partial charge in [-0.3, -0.25) is 9.59 Å². The highest BCUT2D eigenvalue weighted by atomic mass is 16.1. The van der Waals surface area contributed by atoms with Gasteiger partial charge in [-0.25, -0.2) is 0 Å². The molecule has 0 atom stereocenters. The maximum Gasteiger partial charge on any atom is 0.224 e. The summed E-state index contributed by atoms with van der Waals surface area (Å²) < 4.78 is 0. The van der Waals surface area contributed by atoms with E-state index in [9.17, 15) is 9.59 Å². The van der Waals surface area contributed by atoms with E-state index >= 15 is 0 Å². The Kier molecular flexibility index (Phi) is 7.68. The molecule has 1 aromatic carbocycles. The molecule has 0 heterocycles. The molecule has 0 aromatic heterocycles. The van der Waals surface area contributed by atoms with Crippen LogP contribution in [0, 0.1) is 6.92 Å². The van der Waals surface area contributed by atoms with Crippen LogP contribution in [0.3, 0.4) is 0 Å².